The molecule has 1 atom stereocenters. The molecule has 1 saturated heterocycles. The van der Waals surface area contributed by atoms with Crippen molar-refractivity contribution in [2.24, 2.45) is 4.99 Å². The van der Waals surface area contributed by atoms with E-state index in [9.17, 15) is 0 Å². The van der Waals surface area contributed by atoms with Crippen molar-refractivity contribution in [3.05, 3.63) is 53.8 Å². The standard InChI is InChI=1S/C19H27N2O2P/c1-3-19(23-12-9-21-7-10-22-11-8-21)14-20-16(2)18-6-4-5-17(13-18)15-24/h3-6,13-14H,2,7-12,15,24H2,1H3/b19-3+,20-14?. The van der Waals surface area contributed by atoms with Crippen LogP contribution in [-0.4, -0.2) is 50.6 Å². The highest BCUT2D eigenvalue weighted by molar-refractivity contribution is 7.15. The summed E-state index contributed by atoms with van der Waals surface area (Å²) in [6.07, 6.45) is 4.60. The highest BCUT2D eigenvalue weighted by atomic mass is 31.0. The molecule has 130 valence electrons. The summed E-state index contributed by atoms with van der Waals surface area (Å²) in [6, 6.07) is 8.27. The van der Waals surface area contributed by atoms with E-state index in [1.807, 2.05) is 25.1 Å². The monoisotopic (exact) mass is 346 g/mol. The number of nitrogens with zero attached hydrogens (tertiary/aromatic N) is 2. The summed E-state index contributed by atoms with van der Waals surface area (Å²) in [7, 11) is 2.73. The third-order valence-corrected chi connectivity index (χ3v) is 4.38. The molecule has 1 aromatic carbocycles. The topological polar surface area (TPSA) is 34.1 Å². The van der Waals surface area contributed by atoms with E-state index < -0.39 is 0 Å². The van der Waals surface area contributed by atoms with Gasteiger partial charge in [-0.25, -0.2) is 0 Å². The van der Waals surface area contributed by atoms with Crippen molar-refractivity contribution in [2.45, 2.75) is 13.1 Å². The fourth-order valence-corrected chi connectivity index (χ4v) is 2.66. The first kappa shape index (κ1) is 18.9. The van der Waals surface area contributed by atoms with Crippen molar-refractivity contribution in [1.29, 1.82) is 0 Å². The van der Waals surface area contributed by atoms with Gasteiger partial charge in [0, 0.05) is 19.6 Å². The number of benzene rings is 1. The first-order chi connectivity index (χ1) is 11.7. The molecule has 0 radical (unpaired) electrons. The van der Waals surface area contributed by atoms with Gasteiger partial charge in [0.2, 0.25) is 0 Å². The molecule has 0 spiro atoms. The van der Waals surface area contributed by atoms with Crippen LogP contribution in [0.4, 0.5) is 0 Å². The number of hydrogen-bond acceptors (Lipinski definition) is 4. The van der Waals surface area contributed by atoms with Gasteiger partial charge in [-0.2, -0.15) is 0 Å². The van der Waals surface area contributed by atoms with Crippen molar-refractivity contribution in [1.82, 2.24) is 4.90 Å². The normalized spacial score (nSPS) is 16.5. The summed E-state index contributed by atoms with van der Waals surface area (Å²) < 4.78 is 11.2. The Morgan fingerprint density at radius 1 is 1.42 bits per heavy atom. The van der Waals surface area contributed by atoms with Crippen LogP contribution in [0.1, 0.15) is 18.1 Å². The van der Waals surface area contributed by atoms with Crippen LogP contribution in [0.3, 0.4) is 0 Å². The Balaban J connectivity index is 1.82. The predicted octanol–water partition coefficient (Wildman–Crippen LogP) is 3.36. The number of allylic oxidation sites excluding steroid dienone is 2. The Morgan fingerprint density at radius 2 is 2.21 bits per heavy atom. The molecule has 0 saturated carbocycles. The SMILES string of the molecule is C=C(N=C/C(=C\C)OCCN1CCOCC1)c1cccc(CP)c1. The van der Waals surface area contributed by atoms with Crippen molar-refractivity contribution >= 4 is 21.2 Å². The number of aliphatic imine (C=N–C) groups is 1. The molecule has 24 heavy (non-hydrogen) atoms. The van der Waals surface area contributed by atoms with Gasteiger partial charge < -0.3 is 9.47 Å². The predicted molar refractivity (Wildman–Crippen MR) is 104 cm³/mol. The van der Waals surface area contributed by atoms with Gasteiger partial charge in [-0.3, -0.25) is 9.89 Å². The average Bonchev–Trinajstić information content (AvgIpc) is 2.65. The van der Waals surface area contributed by atoms with Crippen molar-refractivity contribution in [2.75, 3.05) is 39.5 Å². The number of morpholine rings is 1. The molecule has 1 aliphatic rings. The Labute approximate surface area is 147 Å². The summed E-state index contributed by atoms with van der Waals surface area (Å²) in [5.74, 6) is 0.770. The van der Waals surface area contributed by atoms with Gasteiger partial charge in [0.15, 0.2) is 0 Å². The van der Waals surface area contributed by atoms with E-state index in [1.165, 1.54) is 5.56 Å². The van der Waals surface area contributed by atoms with Gasteiger partial charge in [-0.15, -0.1) is 9.24 Å². The molecule has 0 N–H and O–H groups in total. The molecule has 0 bridgehead atoms. The Bertz CT molecular complexity index is 593. The van der Waals surface area contributed by atoms with E-state index >= 15 is 0 Å². The highest BCUT2D eigenvalue weighted by Gasteiger charge is 2.09. The number of ether oxygens (including phenoxy) is 2. The van der Waals surface area contributed by atoms with E-state index in [1.54, 1.807) is 6.21 Å². The first-order valence-electron chi connectivity index (χ1n) is 8.34. The lowest BCUT2D eigenvalue weighted by molar-refractivity contribution is 0.0285. The molecule has 1 unspecified atom stereocenters. The second-order valence-electron chi connectivity index (χ2n) is 5.60. The lowest BCUT2D eigenvalue weighted by atomic mass is 10.1. The zero-order valence-corrected chi connectivity index (χ0v) is 15.6. The summed E-state index contributed by atoms with van der Waals surface area (Å²) in [5, 5.41) is 0. The molecule has 0 aromatic heterocycles. The van der Waals surface area contributed by atoms with E-state index in [0.717, 1.165) is 56.0 Å². The quantitative estimate of drug-likeness (QED) is 0.411. The van der Waals surface area contributed by atoms with E-state index in [2.05, 4.69) is 37.8 Å². The molecular formula is C19H27N2O2P. The van der Waals surface area contributed by atoms with Crippen LogP contribution in [0.25, 0.3) is 5.70 Å². The van der Waals surface area contributed by atoms with Crippen LogP contribution in [0.15, 0.2) is 47.7 Å². The smallest absolute Gasteiger partial charge is 0.133 e. The summed E-state index contributed by atoms with van der Waals surface area (Å²) >= 11 is 0. The van der Waals surface area contributed by atoms with Crippen LogP contribution in [0.5, 0.6) is 0 Å². The molecule has 1 aliphatic heterocycles. The highest BCUT2D eigenvalue weighted by Crippen LogP contribution is 2.17. The summed E-state index contributed by atoms with van der Waals surface area (Å²) in [4.78, 5) is 6.80. The Kier molecular flexibility index (Phi) is 8.17. The van der Waals surface area contributed by atoms with Gasteiger partial charge in [0.25, 0.3) is 0 Å². The number of hydrogen-bond donors (Lipinski definition) is 0. The van der Waals surface area contributed by atoms with Crippen molar-refractivity contribution in [3.63, 3.8) is 0 Å². The van der Waals surface area contributed by atoms with Gasteiger partial charge in [-0.05, 0) is 36.4 Å². The van der Waals surface area contributed by atoms with E-state index in [0.29, 0.717) is 6.61 Å². The van der Waals surface area contributed by atoms with Gasteiger partial charge in [-0.1, -0.05) is 24.8 Å². The molecule has 1 heterocycles. The van der Waals surface area contributed by atoms with Crippen LogP contribution in [0, 0.1) is 0 Å². The van der Waals surface area contributed by atoms with Gasteiger partial charge >= 0.3 is 0 Å². The minimum atomic E-state index is 0.653. The lowest BCUT2D eigenvalue weighted by Crippen LogP contribution is -2.38. The van der Waals surface area contributed by atoms with Gasteiger partial charge in [0.05, 0.1) is 25.1 Å². The van der Waals surface area contributed by atoms with Crippen LogP contribution in [0.2, 0.25) is 0 Å². The first-order valence-corrected chi connectivity index (χ1v) is 9.16. The molecule has 5 heteroatoms. The van der Waals surface area contributed by atoms with E-state index in [-0.39, 0.29) is 0 Å². The maximum Gasteiger partial charge on any atom is 0.133 e. The zero-order chi connectivity index (χ0) is 17.2. The summed E-state index contributed by atoms with van der Waals surface area (Å²) in [5.41, 5.74) is 3.03. The largest absolute Gasteiger partial charge is 0.491 e. The minimum absolute atomic E-state index is 0.653. The molecule has 1 aromatic rings. The fourth-order valence-electron chi connectivity index (χ4n) is 2.41. The second-order valence-corrected chi connectivity index (χ2v) is 6.01. The third kappa shape index (κ3) is 6.20. The Morgan fingerprint density at radius 3 is 2.92 bits per heavy atom. The van der Waals surface area contributed by atoms with Crippen LogP contribution >= 0.6 is 9.24 Å². The third-order valence-electron chi connectivity index (χ3n) is 3.91. The molecule has 1 fully saturated rings. The van der Waals surface area contributed by atoms with Crippen molar-refractivity contribution < 1.29 is 9.47 Å². The summed E-state index contributed by atoms with van der Waals surface area (Å²) in [6.45, 7) is 11.1. The molecule has 4 nitrogen and oxygen atoms in total. The van der Waals surface area contributed by atoms with E-state index in [4.69, 9.17) is 9.47 Å². The maximum atomic E-state index is 5.81. The minimum Gasteiger partial charge on any atom is -0.491 e. The van der Waals surface area contributed by atoms with Crippen LogP contribution < -0.4 is 0 Å². The Hall–Kier alpha value is -1.48. The number of rotatable bonds is 8. The molecule has 0 amide bonds. The van der Waals surface area contributed by atoms with Gasteiger partial charge in [0.1, 0.15) is 12.4 Å². The molecule has 2 rings (SSSR count). The maximum absolute atomic E-state index is 5.81. The lowest BCUT2D eigenvalue weighted by Gasteiger charge is -2.26. The molecule has 0 aliphatic carbocycles. The average molecular weight is 346 g/mol. The zero-order valence-electron chi connectivity index (χ0n) is 14.4. The fraction of sp³-hybridized carbons (Fsp3) is 0.421. The molecular weight excluding hydrogens is 319 g/mol. The van der Waals surface area contributed by atoms with Crippen LogP contribution in [-0.2, 0) is 15.6 Å². The second kappa shape index (κ2) is 10.4. The van der Waals surface area contributed by atoms with Crippen molar-refractivity contribution in [3.8, 4) is 0 Å².